The van der Waals surface area contributed by atoms with Crippen LogP contribution in [0.3, 0.4) is 0 Å². The highest BCUT2D eigenvalue weighted by Gasteiger charge is 2.33. The average molecular weight is 486 g/mol. The van der Waals surface area contributed by atoms with E-state index in [1.807, 2.05) is 0 Å². The number of ether oxygens (including phenoxy) is 1. The minimum atomic E-state index is -1.35. The summed E-state index contributed by atoms with van der Waals surface area (Å²) in [6.07, 6.45) is 2.68. The Morgan fingerprint density at radius 2 is 1.97 bits per heavy atom. The van der Waals surface area contributed by atoms with Crippen LogP contribution in [0.15, 0.2) is 53.4 Å². The standard InChI is InChI=1S/C23H24F2N6O4/c24-8-3-9-26-20(32)15-5-1-2-6-17(15)29-21(33)18-14-34-23(30-18)31-12-7-19(16(25)13-31)35-22-27-10-4-11-28-22/h1-2,4-6,10-11,14,16,19H,3,7-9,12-13H2,(H,26,32)(H,29,33)/t16-,19+/m0/s1. The van der Waals surface area contributed by atoms with E-state index in [-0.39, 0.29) is 48.5 Å². The third-order valence-electron chi connectivity index (χ3n) is 5.29. The van der Waals surface area contributed by atoms with Gasteiger partial charge in [0, 0.05) is 31.9 Å². The Hall–Kier alpha value is -4.09. The quantitative estimate of drug-likeness (QED) is 0.443. The number of anilines is 2. The predicted molar refractivity (Wildman–Crippen MR) is 122 cm³/mol. The number of halogens is 2. The Bertz CT molecular complexity index is 1150. The summed E-state index contributed by atoms with van der Waals surface area (Å²) in [5.74, 6) is -1.03. The lowest BCUT2D eigenvalue weighted by Gasteiger charge is -2.33. The van der Waals surface area contributed by atoms with Gasteiger partial charge in [-0.25, -0.2) is 14.4 Å². The molecule has 0 spiro atoms. The number of nitrogens with zero attached hydrogens (tertiary/aromatic N) is 4. The molecule has 1 fully saturated rings. The first-order chi connectivity index (χ1) is 17.0. The number of oxazole rings is 1. The molecule has 2 aromatic heterocycles. The predicted octanol–water partition coefficient (Wildman–Crippen LogP) is 2.80. The molecule has 1 saturated heterocycles. The fraction of sp³-hybridized carbons (Fsp3) is 0.348. The van der Waals surface area contributed by atoms with Crippen molar-refractivity contribution in [2.24, 2.45) is 0 Å². The lowest BCUT2D eigenvalue weighted by molar-refractivity contribution is 0.0723. The van der Waals surface area contributed by atoms with Crippen LogP contribution in [0.5, 0.6) is 6.01 Å². The molecule has 0 radical (unpaired) electrons. The largest absolute Gasteiger partial charge is 0.457 e. The highest BCUT2D eigenvalue weighted by molar-refractivity contribution is 6.08. The van der Waals surface area contributed by atoms with Crippen LogP contribution < -0.4 is 20.3 Å². The summed E-state index contributed by atoms with van der Waals surface area (Å²) < 4.78 is 38.0. The molecule has 0 aliphatic carbocycles. The number of aromatic nitrogens is 3. The van der Waals surface area contributed by atoms with Crippen LogP contribution in [0, 0.1) is 0 Å². The van der Waals surface area contributed by atoms with Crippen LogP contribution in [0.2, 0.25) is 0 Å². The first kappa shape index (κ1) is 24.0. The maximum Gasteiger partial charge on any atom is 0.316 e. The van der Waals surface area contributed by atoms with E-state index in [2.05, 4.69) is 25.6 Å². The number of rotatable bonds is 9. The molecule has 10 nitrogen and oxygen atoms in total. The number of alkyl halides is 2. The highest BCUT2D eigenvalue weighted by atomic mass is 19.1. The van der Waals surface area contributed by atoms with Gasteiger partial charge in [0.05, 0.1) is 24.5 Å². The van der Waals surface area contributed by atoms with Gasteiger partial charge in [-0.2, -0.15) is 4.98 Å². The van der Waals surface area contributed by atoms with Gasteiger partial charge in [0.1, 0.15) is 12.4 Å². The van der Waals surface area contributed by atoms with E-state index in [1.165, 1.54) is 18.7 Å². The number of hydrogen-bond acceptors (Lipinski definition) is 8. The van der Waals surface area contributed by atoms with E-state index in [4.69, 9.17) is 9.15 Å². The van der Waals surface area contributed by atoms with Crippen LogP contribution >= 0.6 is 0 Å². The minimum Gasteiger partial charge on any atom is -0.457 e. The van der Waals surface area contributed by atoms with E-state index < -0.39 is 30.8 Å². The molecule has 1 aliphatic heterocycles. The third-order valence-corrected chi connectivity index (χ3v) is 5.29. The van der Waals surface area contributed by atoms with Gasteiger partial charge in [0.15, 0.2) is 11.9 Å². The normalized spacial score (nSPS) is 17.6. The molecule has 0 bridgehead atoms. The molecule has 2 N–H and O–H groups in total. The lowest BCUT2D eigenvalue weighted by Crippen LogP contribution is -2.47. The van der Waals surface area contributed by atoms with Gasteiger partial charge in [-0.05, 0) is 24.6 Å². The summed E-state index contributed by atoms with van der Waals surface area (Å²) >= 11 is 0. The van der Waals surface area contributed by atoms with Crippen molar-refractivity contribution in [3.05, 3.63) is 60.2 Å². The molecule has 1 aliphatic rings. The van der Waals surface area contributed by atoms with E-state index in [0.29, 0.717) is 13.0 Å². The van der Waals surface area contributed by atoms with Crippen molar-refractivity contribution in [3.8, 4) is 6.01 Å². The topological polar surface area (TPSA) is 122 Å². The van der Waals surface area contributed by atoms with Crippen LogP contribution in [0.1, 0.15) is 33.7 Å². The van der Waals surface area contributed by atoms with E-state index in [1.54, 1.807) is 35.2 Å². The second-order valence-corrected chi connectivity index (χ2v) is 7.75. The molecule has 0 saturated carbocycles. The molecule has 2 atom stereocenters. The molecule has 35 heavy (non-hydrogen) atoms. The fourth-order valence-electron chi connectivity index (χ4n) is 3.53. The zero-order chi connectivity index (χ0) is 24.6. The van der Waals surface area contributed by atoms with Crippen LogP contribution in [-0.4, -0.2) is 65.4 Å². The summed E-state index contributed by atoms with van der Waals surface area (Å²) in [6, 6.07) is 8.28. The van der Waals surface area contributed by atoms with E-state index in [0.717, 1.165) is 0 Å². The highest BCUT2D eigenvalue weighted by Crippen LogP contribution is 2.24. The van der Waals surface area contributed by atoms with Gasteiger partial charge in [0.25, 0.3) is 17.8 Å². The molecule has 2 amide bonds. The van der Waals surface area contributed by atoms with Crippen molar-refractivity contribution >= 4 is 23.5 Å². The number of hydrogen-bond donors (Lipinski definition) is 2. The molecule has 3 heterocycles. The lowest BCUT2D eigenvalue weighted by atomic mass is 10.1. The van der Waals surface area contributed by atoms with E-state index >= 15 is 0 Å². The number of nitrogens with one attached hydrogen (secondary N) is 2. The maximum atomic E-state index is 14.7. The Kier molecular flexibility index (Phi) is 7.81. The summed E-state index contributed by atoms with van der Waals surface area (Å²) in [5.41, 5.74) is 0.469. The first-order valence-electron chi connectivity index (χ1n) is 11.1. The smallest absolute Gasteiger partial charge is 0.316 e. The summed E-state index contributed by atoms with van der Waals surface area (Å²) in [6.45, 7) is -0.00921. The molecule has 3 aromatic rings. The van der Waals surface area contributed by atoms with Gasteiger partial charge in [0.2, 0.25) is 0 Å². The minimum absolute atomic E-state index is 0.0286. The summed E-state index contributed by atoms with van der Waals surface area (Å²) in [4.78, 5) is 38.7. The Morgan fingerprint density at radius 1 is 1.17 bits per heavy atom. The Morgan fingerprint density at radius 3 is 2.74 bits per heavy atom. The molecule has 4 rings (SSSR count). The molecular weight excluding hydrogens is 462 g/mol. The zero-order valence-corrected chi connectivity index (χ0v) is 18.7. The van der Waals surface area contributed by atoms with Crippen LogP contribution in [0.25, 0.3) is 0 Å². The van der Waals surface area contributed by atoms with Gasteiger partial charge in [-0.15, -0.1) is 0 Å². The van der Waals surface area contributed by atoms with Crippen molar-refractivity contribution in [2.75, 3.05) is 36.5 Å². The van der Waals surface area contributed by atoms with Crippen molar-refractivity contribution in [1.29, 1.82) is 0 Å². The number of carbonyl (C=O) groups is 2. The number of amides is 2. The maximum absolute atomic E-state index is 14.7. The second kappa shape index (κ2) is 11.4. The molecule has 184 valence electrons. The zero-order valence-electron chi connectivity index (χ0n) is 18.7. The SMILES string of the molecule is O=C(Nc1ccccc1C(=O)NCCCF)c1coc(N2CC[C@@H](Oc3ncccn3)[C@@H](F)C2)n1. The van der Waals surface area contributed by atoms with Crippen molar-refractivity contribution in [3.63, 3.8) is 0 Å². The van der Waals surface area contributed by atoms with Crippen molar-refractivity contribution in [2.45, 2.75) is 25.1 Å². The Labute approximate surface area is 199 Å². The molecule has 0 unspecified atom stereocenters. The number of carbonyl (C=O) groups excluding carboxylic acids is 2. The van der Waals surface area contributed by atoms with Gasteiger partial charge in [-0.3, -0.25) is 14.0 Å². The fourth-order valence-corrected chi connectivity index (χ4v) is 3.53. The van der Waals surface area contributed by atoms with Gasteiger partial charge in [-0.1, -0.05) is 12.1 Å². The molecule has 12 heteroatoms. The number of para-hydroxylation sites is 1. The number of piperidine rings is 1. The van der Waals surface area contributed by atoms with Crippen LogP contribution in [-0.2, 0) is 0 Å². The molecule has 1 aromatic carbocycles. The van der Waals surface area contributed by atoms with Gasteiger partial charge >= 0.3 is 6.01 Å². The monoisotopic (exact) mass is 486 g/mol. The summed E-state index contributed by atoms with van der Waals surface area (Å²) in [5, 5.41) is 5.23. The van der Waals surface area contributed by atoms with Crippen molar-refractivity contribution < 1.29 is 27.5 Å². The third kappa shape index (κ3) is 6.08. The number of benzene rings is 1. The first-order valence-corrected chi connectivity index (χ1v) is 11.1. The van der Waals surface area contributed by atoms with Crippen LogP contribution in [0.4, 0.5) is 20.5 Å². The Balaban J connectivity index is 1.36. The molecular formula is C23H24F2N6O4. The van der Waals surface area contributed by atoms with Gasteiger partial charge < -0.3 is 24.7 Å². The second-order valence-electron chi connectivity index (χ2n) is 7.75. The van der Waals surface area contributed by atoms with Crippen molar-refractivity contribution in [1.82, 2.24) is 20.3 Å². The average Bonchev–Trinajstić information content (AvgIpc) is 3.37. The van der Waals surface area contributed by atoms with E-state index in [9.17, 15) is 18.4 Å². The summed E-state index contributed by atoms with van der Waals surface area (Å²) in [7, 11) is 0.